The van der Waals surface area contributed by atoms with Crippen LogP contribution >= 0.6 is 11.8 Å². The number of anilines is 1. The minimum atomic E-state index is -0.495. The van der Waals surface area contributed by atoms with E-state index in [1.54, 1.807) is 17.0 Å². The highest BCUT2D eigenvalue weighted by molar-refractivity contribution is 8.00. The highest BCUT2D eigenvalue weighted by atomic mass is 32.2. The van der Waals surface area contributed by atoms with Crippen molar-refractivity contribution in [2.45, 2.75) is 10.3 Å². The lowest BCUT2D eigenvalue weighted by Crippen LogP contribution is -2.34. The van der Waals surface area contributed by atoms with Crippen molar-refractivity contribution in [3.8, 4) is 6.07 Å². The molecule has 1 aliphatic rings. The van der Waals surface area contributed by atoms with Gasteiger partial charge in [-0.15, -0.1) is 0 Å². The van der Waals surface area contributed by atoms with Gasteiger partial charge in [0.05, 0.1) is 11.8 Å². The molecule has 2 aromatic carbocycles. The number of amides is 1. The van der Waals surface area contributed by atoms with E-state index in [1.807, 2.05) is 42.5 Å². The summed E-state index contributed by atoms with van der Waals surface area (Å²) in [6.45, 7) is 0. The number of hydrogen-bond acceptors (Lipinski definition) is 3. The van der Waals surface area contributed by atoms with Gasteiger partial charge in [0.25, 0.3) is 5.91 Å². The number of fused-ring (bicyclic) bond motifs is 1. The van der Waals surface area contributed by atoms with Gasteiger partial charge in [0.1, 0.15) is 0 Å². The third-order valence-electron chi connectivity index (χ3n) is 2.95. The third kappa shape index (κ3) is 1.98. The maximum Gasteiger partial charge on any atom is 0.260 e. The van der Waals surface area contributed by atoms with Gasteiger partial charge in [-0.3, -0.25) is 9.69 Å². The molecule has 0 saturated carbocycles. The Morgan fingerprint density at radius 2 is 1.79 bits per heavy atom. The van der Waals surface area contributed by atoms with Gasteiger partial charge in [-0.25, -0.2) is 0 Å². The van der Waals surface area contributed by atoms with Gasteiger partial charge >= 0.3 is 0 Å². The summed E-state index contributed by atoms with van der Waals surface area (Å²) in [5.74, 6) is -0.135. The fourth-order valence-corrected chi connectivity index (χ4v) is 3.13. The zero-order valence-corrected chi connectivity index (χ0v) is 10.8. The Kier molecular flexibility index (Phi) is 2.98. The predicted molar refractivity (Wildman–Crippen MR) is 75.0 cm³/mol. The number of rotatable bonds is 1. The third-order valence-corrected chi connectivity index (χ3v) is 4.09. The van der Waals surface area contributed by atoms with Crippen LogP contribution in [0.1, 0.15) is 10.4 Å². The number of carbonyl (C=O) groups is 1. The first-order chi connectivity index (χ1) is 9.31. The molecule has 0 bridgehead atoms. The number of thioether (sulfide) groups is 1. The molecule has 1 atom stereocenters. The molecule has 1 heterocycles. The van der Waals surface area contributed by atoms with Crippen molar-refractivity contribution >= 4 is 23.4 Å². The van der Waals surface area contributed by atoms with Crippen LogP contribution in [0.15, 0.2) is 59.5 Å². The van der Waals surface area contributed by atoms with E-state index in [4.69, 9.17) is 0 Å². The summed E-state index contributed by atoms with van der Waals surface area (Å²) in [6, 6.07) is 18.8. The van der Waals surface area contributed by atoms with Crippen molar-refractivity contribution in [3.63, 3.8) is 0 Å². The Labute approximate surface area is 115 Å². The van der Waals surface area contributed by atoms with Gasteiger partial charge in [-0.1, -0.05) is 42.1 Å². The monoisotopic (exact) mass is 266 g/mol. The number of nitrogens with zero attached hydrogens (tertiary/aromatic N) is 2. The van der Waals surface area contributed by atoms with Crippen molar-refractivity contribution in [1.29, 1.82) is 5.26 Å². The van der Waals surface area contributed by atoms with Gasteiger partial charge in [-0.05, 0) is 24.3 Å². The molecule has 0 aliphatic carbocycles. The second-order valence-electron chi connectivity index (χ2n) is 4.11. The van der Waals surface area contributed by atoms with E-state index in [2.05, 4.69) is 6.07 Å². The minimum Gasteiger partial charge on any atom is -0.281 e. The number of para-hydroxylation sites is 1. The molecule has 19 heavy (non-hydrogen) atoms. The van der Waals surface area contributed by atoms with Gasteiger partial charge in [0, 0.05) is 10.5 Å². The molecule has 1 unspecified atom stereocenters. The van der Waals surface area contributed by atoms with Gasteiger partial charge in [0.15, 0.2) is 5.37 Å². The molecule has 0 aromatic heterocycles. The SMILES string of the molecule is N#CC1Sc2ccccc2N1C(=O)c1ccccc1. The lowest BCUT2D eigenvalue weighted by molar-refractivity contribution is 0.0988. The average molecular weight is 266 g/mol. The van der Waals surface area contributed by atoms with Crippen LogP contribution in [0.25, 0.3) is 0 Å². The highest BCUT2D eigenvalue weighted by Crippen LogP contribution is 2.43. The number of carbonyl (C=O) groups excluding carboxylic acids is 1. The molecule has 3 rings (SSSR count). The fraction of sp³-hybridized carbons (Fsp3) is 0.0667. The molecule has 4 heteroatoms. The fourth-order valence-electron chi connectivity index (χ4n) is 2.07. The highest BCUT2D eigenvalue weighted by Gasteiger charge is 2.34. The van der Waals surface area contributed by atoms with Crippen LogP contribution in [-0.4, -0.2) is 11.3 Å². The number of nitriles is 1. The van der Waals surface area contributed by atoms with E-state index < -0.39 is 5.37 Å². The molecule has 0 spiro atoms. The molecule has 1 amide bonds. The first-order valence-electron chi connectivity index (χ1n) is 5.85. The second-order valence-corrected chi connectivity index (χ2v) is 5.23. The normalized spacial score (nSPS) is 16.8. The van der Waals surface area contributed by atoms with E-state index in [9.17, 15) is 10.1 Å². The van der Waals surface area contributed by atoms with E-state index in [0.717, 1.165) is 10.6 Å². The lowest BCUT2D eigenvalue weighted by Gasteiger charge is -2.19. The lowest BCUT2D eigenvalue weighted by atomic mass is 10.2. The van der Waals surface area contributed by atoms with Crippen LogP contribution in [-0.2, 0) is 0 Å². The van der Waals surface area contributed by atoms with Crippen molar-refractivity contribution in [3.05, 3.63) is 60.2 Å². The maximum absolute atomic E-state index is 12.5. The van der Waals surface area contributed by atoms with Crippen molar-refractivity contribution in [1.82, 2.24) is 0 Å². The summed E-state index contributed by atoms with van der Waals surface area (Å²) in [5.41, 5.74) is 1.41. The summed E-state index contributed by atoms with van der Waals surface area (Å²) in [7, 11) is 0. The summed E-state index contributed by atoms with van der Waals surface area (Å²) >= 11 is 1.41. The van der Waals surface area contributed by atoms with Gasteiger partial charge in [0.2, 0.25) is 0 Å². The minimum absolute atomic E-state index is 0.135. The maximum atomic E-state index is 12.5. The van der Waals surface area contributed by atoms with Gasteiger partial charge < -0.3 is 0 Å². The topological polar surface area (TPSA) is 44.1 Å². The second kappa shape index (κ2) is 4.79. The zero-order chi connectivity index (χ0) is 13.2. The molecule has 0 saturated heterocycles. The van der Waals surface area contributed by atoms with Crippen molar-refractivity contribution < 1.29 is 4.79 Å². The summed E-state index contributed by atoms with van der Waals surface area (Å²) in [6.07, 6.45) is 0. The molecule has 0 fully saturated rings. The van der Waals surface area contributed by atoms with Crippen molar-refractivity contribution in [2.24, 2.45) is 0 Å². The summed E-state index contributed by atoms with van der Waals surface area (Å²) in [5, 5.41) is 8.74. The van der Waals surface area contributed by atoms with Gasteiger partial charge in [-0.2, -0.15) is 5.26 Å². The van der Waals surface area contributed by atoms with E-state index >= 15 is 0 Å². The standard InChI is InChI=1S/C15H10N2OS/c16-10-14-17(12-8-4-5-9-13(12)19-14)15(18)11-6-2-1-3-7-11/h1-9,14H. The molecule has 3 nitrogen and oxygen atoms in total. The van der Waals surface area contributed by atoms with Crippen molar-refractivity contribution in [2.75, 3.05) is 4.90 Å². The zero-order valence-electron chi connectivity index (χ0n) is 9.98. The van der Waals surface area contributed by atoms with Crippen LogP contribution in [0.4, 0.5) is 5.69 Å². The predicted octanol–water partition coefficient (Wildman–Crippen LogP) is 3.29. The molecule has 0 radical (unpaired) electrons. The Hall–Kier alpha value is -2.25. The number of hydrogen-bond donors (Lipinski definition) is 0. The van der Waals surface area contributed by atoms with E-state index in [0.29, 0.717) is 5.56 Å². The molecular weight excluding hydrogens is 256 g/mol. The molecule has 92 valence electrons. The smallest absolute Gasteiger partial charge is 0.260 e. The molecule has 0 N–H and O–H groups in total. The largest absolute Gasteiger partial charge is 0.281 e. The molecular formula is C15H10N2OS. The average Bonchev–Trinajstić information content (AvgIpc) is 2.86. The van der Waals surface area contributed by atoms with Crippen LogP contribution < -0.4 is 4.90 Å². The first-order valence-corrected chi connectivity index (χ1v) is 6.73. The van der Waals surface area contributed by atoms with Crippen LogP contribution in [0.5, 0.6) is 0 Å². The van der Waals surface area contributed by atoms with Crippen LogP contribution in [0.2, 0.25) is 0 Å². The Bertz CT molecular complexity index is 663. The Morgan fingerprint density at radius 3 is 2.53 bits per heavy atom. The first kappa shape index (κ1) is 11.8. The Balaban J connectivity index is 2.04. The molecule has 2 aromatic rings. The number of benzene rings is 2. The van der Waals surface area contributed by atoms with Crippen LogP contribution in [0.3, 0.4) is 0 Å². The summed E-state index contributed by atoms with van der Waals surface area (Å²) in [4.78, 5) is 15.1. The van der Waals surface area contributed by atoms with Crippen LogP contribution in [0, 0.1) is 11.3 Å². The van der Waals surface area contributed by atoms with E-state index in [1.165, 1.54) is 11.8 Å². The molecule has 1 aliphatic heterocycles. The summed E-state index contributed by atoms with van der Waals surface area (Å²) < 4.78 is 0. The quantitative estimate of drug-likeness (QED) is 0.795. The Morgan fingerprint density at radius 1 is 1.11 bits per heavy atom. The van der Waals surface area contributed by atoms with E-state index in [-0.39, 0.29) is 5.91 Å².